The molecule has 0 amide bonds. The summed E-state index contributed by atoms with van der Waals surface area (Å²) in [6.07, 6.45) is 0. The average molecular weight is 123 g/mol. The molecule has 0 spiro atoms. The molecule has 2 heteroatoms. The smallest absolute Gasteiger partial charge is 0.668 e. The van der Waals surface area contributed by atoms with E-state index in [4.69, 9.17) is 0 Å². The fourth-order valence-corrected chi connectivity index (χ4v) is 0. The molecule has 0 saturated carbocycles. The molecule has 0 aliphatic heterocycles. The standard InChI is InChI=1S/C2H6N.CH3.Cu/c1-3-2;;/h1-2H3;1H3;/q2*-1;+2. The van der Waals surface area contributed by atoms with Gasteiger partial charge in [0.05, 0.1) is 0 Å². The minimum Gasteiger partial charge on any atom is -0.668 e. The second kappa shape index (κ2) is 24.8. The van der Waals surface area contributed by atoms with E-state index in [2.05, 4.69) is 5.32 Å². The van der Waals surface area contributed by atoms with Gasteiger partial charge in [-0.1, -0.05) is 0 Å². The van der Waals surface area contributed by atoms with Crippen LogP contribution in [0.2, 0.25) is 0 Å². The van der Waals surface area contributed by atoms with E-state index in [0.29, 0.717) is 0 Å². The van der Waals surface area contributed by atoms with Crippen molar-refractivity contribution in [2.45, 2.75) is 0 Å². The first-order valence-corrected chi connectivity index (χ1v) is 0.894. The molecule has 0 aliphatic carbocycles. The second-order valence-electron chi connectivity index (χ2n) is 0.447. The van der Waals surface area contributed by atoms with Gasteiger partial charge in [0, 0.05) is 0 Å². The van der Waals surface area contributed by atoms with E-state index in [1.54, 1.807) is 14.1 Å². The molecule has 0 aromatic carbocycles. The summed E-state index contributed by atoms with van der Waals surface area (Å²) in [5.41, 5.74) is 0. The van der Waals surface area contributed by atoms with E-state index in [1.165, 1.54) is 0 Å². The van der Waals surface area contributed by atoms with Gasteiger partial charge < -0.3 is 12.7 Å². The van der Waals surface area contributed by atoms with Gasteiger partial charge in [0.1, 0.15) is 0 Å². The van der Waals surface area contributed by atoms with Crippen molar-refractivity contribution in [1.82, 2.24) is 0 Å². The van der Waals surface area contributed by atoms with Crippen molar-refractivity contribution in [3.63, 3.8) is 0 Å². The summed E-state index contributed by atoms with van der Waals surface area (Å²) in [6, 6.07) is 0. The van der Waals surface area contributed by atoms with Gasteiger partial charge in [-0.15, -0.1) is 0 Å². The molecular weight excluding hydrogens is 114 g/mol. The van der Waals surface area contributed by atoms with Gasteiger partial charge in [0.25, 0.3) is 0 Å². The number of rotatable bonds is 0. The molecule has 1 radical (unpaired) electrons. The van der Waals surface area contributed by atoms with Crippen molar-refractivity contribution in [3.05, 3.63) is 12.7 Å². The van der Waals surface area contributed by atoms with Crippen LogP contribution in [0.25, 0.3) is 5.32 Å². The van der Waals surface area contributed by atoms with Gasteiger partial charge in [-0.25, -0.2) is 0 Å². The monoisotopic (exact) mass is 122 g/mol. The van der Waals surface area contributed by atoms with Crippen LogP contribution in [-0.2, 0) is 17.1 Å². The van der Waals surface area contributed by atoms with Gasteiger partial charge in [0.2, 0.25) is 0 Å². The maximum absolute atomic E-state index is 3.50. The van der Waals surface area contributed by atoms with Crippen molar-refractivity contribution in [2.24, 2.45) is 0 Å². The molecule has 1 nitrogen and oxygen atoms in total. The molecule has 0 N–H and O–H groups in total. The Kier molecular flexibility index (Phi) is 88.6. The molecule has 0 aromatic heterocycles. The fourth-order valence-electron chi connectivity index (χ4n) is 0. The Morgan fingerprint density at radius 2 is 1.20 bits per heavy atom. The van der Waals surface area contributed by atoms with Crippen LogP contribution in [0.5, 0.6) is 0 Å². The molecule has 0 heterocycles. The van der Waals surface area contributed by atoms with Crippen molar-refractivity contribution >= 4 is 0 Å². The Morgan fingerprint density at radius 3 is 1.20 bits per heavy atom. The third kappa shape index (κ3) is 120. The van der Waals surface area contributed by atoms with Crippen LogP contribution >= 0.6 is 0 Å². The Hall–Kier alpha value is 0.479. The molecule has 0 fully saturated rings. The van der Waals surface area contributed by atoms with Gasteiger partial charge >= 0.3 is 17.1 Å². The molecule has 0 aromatic rings. The predicted molar refractivity (Wildman–Crippen MR) is 21.6 cm³/mol. The summed E-state index contributed by atoms with van der Waals surface area (Å²) in [5, 5.41) is 3.50. The van der Waals surface area contributed by atoms with E-state index >= 15 is 0 Å². The fraction of sp³-hybridized carbons (Fsp3) is 0.667. The number of hydrogen-bond donors (Lipinski definition) is 0. The van der Waals surface area contributed by atoms with Gasteiger partial charge in [-0.3, -0.25) is 0 Å². The molecule has 0 rings (SSSR count). The largest absolute Gasteiger partial charge is 2.00 e. The van der Waals surface area contributed by atoms with Crippen LogP contribution in [0, 0.1) is 7.43 Å². The van der Waals surface area contributed by atoms with Gasteiger partial charge in [-0.05, 0) is 0 Å². The Morgan fingerprint density at radius 1 is 1.20 bits per heavy atom. The van der Waals surface area contributed by atoms with Crippen LogP contribution in [0.1, 0.15) is 0 Å². The third-order valence-electron chi connectivity index (χ3n) is 0. The van der Waals surface area contributed by atoms with Crippen molar-refractivity contribution in [3.8, 4) is 0 Å². The van der Waals surface area contributed by atoms with Crippen LogP contribution in [-0.4, -0.2) is 14.1 Å². The third-order valence-corrected chi connectivity index (χ3v) is 0. The summed E-state index contributed by atoms with van der Waals surface area (Å²) in [7, 11) is 3.50. The van der Waals surface area contributed by atoms with Crippen molar-refractivity contribution < 1.29 is 17.1 Å². The van der Waals surface area contributed by atoms with Crippen LogP contribution < -0.4 is 0 Å². The second-order valence-corrected chi connectivity index (χ2v) is 0.447. The van der Waals surface area contributed by atoms with Crippen molar-refractivity contribution in [2.75, 3.05) is 14.1 Å². The van der Waals surface area contributed by atoms with Gasteiger partial charge in [-0.2, -0.15) is 14.1 Å². The predicted octanol–water partition coefficient (Wildman–Crippen LogP) is 1.07. The summed E-state index contributed by atoms with van der Waals surface area (Å²) >= 11 is 0. The Balaban J connectivity index is -0.0000000200. The molecule has 0 aliphatic rings. The zero-order valence-electron chi connectivity index (χ0n) is 3.75. The maximum Gasteiger partial charge on any atom is 2.00 e. The summed E-state index contributed by atoms with van der Waals surface area (Å²) in [5.74, 6) is 0. The SMILES string of the molecule is C[N-]C.[CH3-].[Cu+2]. The van der Waals surface area contributed by atoms with E-state index in [0.717, 1.165) is 0 Å². The summed E-state index contributed by atoms with van der Waals surface area (Å²) in [6.45, 7) is 0. The summed E-state index contributed by atoms with van der Waals surface area (Å²) < 4.78 is 0. The molecule has 0 unspecified atom stereocenters. The molecule has 5 heavy (non-hydrogen) atoms. The molecule has 37 valence electrons. The Labute approximate surface area is 44.6 Å². The molecular formula is C3H9CuN. The van der Waals surface area contributed by atoms with E-state index < -0.39 is 0 Å². The number of nitrogens with zero attached hydrogens (tertiary/aromatic N) is 1. The first-order chi connectivity index (χ1) is 1.41. The van der Waals surface area contributed by atoms with E-state index in [1.807, 2.05) is 0 Å². The molecule has 0 atom stereocenters. The normalized spacial score (nSPS) is 3.60. The number of hydrogen-bond acceptors (Lipinski definition) is 0. The molecule has 0 bridgehead atoms. The van der Waals surface area contributed by atoms with Crippen LogP contribution in [0.4, 0.5) is 0 Å². The van der Waals surface area contributed by atoms with Crippen molar-refractivity contribution in [1.29, 1.82) is 0 Å². The van der Waals surface area contributed by atoms with Crippen LogP contribution in [0.3, 0.4) is 0 Å². The quantitative estimate of drug-likeness (QED) is 0.337. The zero-order valence-corrected chi connectivity index (χ0v) is 4.69. The first-order valence-electron chi connectivity index (χ1n) is 0.894. The van der Waals surface area contributed by atoms with E-state index in [9.17, 15) is 0 Å². The first kappa shape index (κ1) is 17.9. The topological polar surface area (TPSA) is 14.1 Å². The van der Waals surface area contributed by atoms with Gasteiger partial charge in [0.15, 0.2) is 0 Å². The maximum atomic E-state index is 3.50. The zero-order chi connectivity index (χ0) is 2.71. The summed E-state index contributed by atoms with van der Waals surface area (Å²) in [4.78, 5) is 0. The van der Waals surface area contributed by atoms with E-state index in [-0.39, 0.29) is 24.5 Å². The van der Waals surface area contributed by atoms with Crippen LogP contribution in [0.15, 0.2) is 0 Å². The molecule has 0 saturated heterocycles. The minimum atomic E-state index is 0. The average Bonchev–Trinajstić information content (AvgIpc) is 0.918. The Bertz CT molecular complexity index is 6.85. The minimum absolute atomic E-state index is 0.